The molecule has 3 nitrogen and oxygen atoms in total. The van der Waals surface area contributed by atoms with Crippen LogP contribution in [0.25, 0.3) is 0 Å². The molecule has 110 valence electrons. The first kappa shape index (κ1) is 18.9. The first-order chi connectivity index (χ1) is 8.11. The number of nitrogens with zero attached hydrogens (tertiary/aromatic N) is 1. The number of rotatable bonds is 2. The van der Waals surface area contributed by atoms with Gasteiger partial charge < -0.3 is 10.4 Å². The fourth-order valence-electron chi connectivity index (χ4n) is 2.21. The highest BCUT2D eigenvalue weighted by Crippen LogP contribution is 2.36. The van der Waals surface area contributed by atoms with Crippen LogP contribution in [0.15, 0.2) is 16.6 Å². The van der Waals surface area contributed by atoms with E-state index in [9.17, 15) is 9.50 Å². The third-order valence-corrected chi connectivity index (χ3v) is 3.87. The summed E-state index contributed by atoms with van der Waals surface area (Å²) in [6, 6.07) is 2.80. The fourth-order valence-corrected chi connectivity index (χ4v) is 2.55. The maximum Gasteiger partial charge on any atom is 0.137 e. The van der Waals surface area contributed by atoms with Crippen LogP contribution in [0, 0.1) is 5.82 Å². The largest absolute Gasteiger partial charge is 0.506 e. The van der Waals surface area contributed by atoms with E-state index in [1.807, 2.05) is 6.92 Å². The summed E-state index contributed by atoms with van der Waals surface area (Å²) in [5.74, 6) is -0.340. The van der Waals surface area contributed by atoms with Gasteiger partial charge in [0.2, 0.25) is 0 Å². The molecule has 1 atom stereocenters. The minimum absolute atomic E-state index is 0. The van der Waals surface area contributed by atoms with Gasteiger partial charge in [-0.2, -0.15) is 0 Å². The zero-order chi connectivity index (χ0) is 12.4. The van der Waals surface area contributed by atoms with Crippen molar-refractivity contribution >= 4 is 40.7 Å². The van der Waals surface area contributed by atoms with Gasteiger partial charge in [0.05, 0.1) is 4.47 Å². The average Bonchev–Trinajstić information content (AvgIpc) is 2.35. The van der Waals surface area contributed by atoms with E-state index >= 15 is 0 Å². The molecule has 1 aromatic rings. The lowest BCUT2D eigenvalue weighted by molar-refractivity contribution is 0.179. The second-order valence-corrected chi connectivity index (χ2v) is 5.11. The van der Waals surface area contributed by atoms with E-state index < -0.39 is 0 Å². The molecule has 2 rings (SSSR count). The maximum absolute atomic E-state index is 13.8. The molecule has 1 saturated heterocycles. The van der Waals surface area contributed by atoms with Gasteiger partial charge in [0.1, 0.15) is 11.6 Å². The van der Waals surface area contributed by atoms with E-state index in [4.69, 9.17) is 0 Å². The Hall–Kier alpha value is -0.0700. The summed E-state index contributed by atoms with van der Waals surface area (Å²) < 4.78 is 14.4. The van der Waals surface area contributed by atoms with Crippen molar-refractivity contribution < 1.29 is 9.50 Å². The highest BCUT2D eigenvalue weighted by molar-refractivity contribution is 9.10. The molecule has 0 unspecified atom stereocenters. The predicted molar refractivity (Wildman–Crippen MR) is 83.1 cm³/mol. The van der Waals surface area contributed by atoms with Crippen LogP contribution in [-0.4, -0.2) is 36.2 Å². The Morgan fingerprint density at radius 2 is 1.89 bits per heavy atom. The molecular weight excluding hydrogens is 358 g/mol. The van der Waals surface area contributed by atoms with Crippen LogP contribution in [0.2, 0.25) is 0 Å². The number of benzene rings is 1. The molecule has 0 radical (unpaired) electrons. The van der Waals surface area contributed by atoms with Gasteiger partial charge in [-0.1, -0.05) is 0 Å². The zero-order valence-corrected chi connectivity index (χ0v) is 13.7. The zero-order valence-electron chi connectivity index (χ0n) is 10.5. The Labute approximate surface area is 133 Å². The number of hydrogen-bond donors (Lipinski definition) is 2. The monoisotopic (exact) mass is 374 g/mol. The summed E-state index contributed by atoms with van der Waals surface area (Å²) in [6.45, 7) is 5.47. The van der Waals surface area contributed by atoms with Crippen LogP contribution in [0.4, 0.5) is 4.39 Å². The van der Waals surface area contributed by atoms with Gasteiger partial charge in [-0.3, -0.25) is 4.90 Å². The molecule has 1 aromatic carbocycles. The summed E-state index contributed by atoms with van der Waals surface area (Å²) in [5.41, 5.74) is 0.376. The molecule has 19 heavy (non-hydrogen) atoms. The lowest BCUT2D eigenvalue weighted by Crippen LogP contribution is -2.44. The van der Waals surface area contributed by atoms with Gasteiger partial charge in [-0.15, -0.1) is 24.8 Å². The van der Waals surface area contributed by atoms with Crippen LogP contribution >= 0.6 is 40.7 Å². The van der Waals surface area contributed by atoms with Crippen molar-refractivity contribution in [2.45, 2.75) is 13.0 Å². The number of phenolic OH excluding ortho intramolecular Hbond substituents is 1. The van der Waals surface area contributed by atoms with Gasteiger partial charge >= 0.3 is 0 Å². The molecule has 1 fully saturated rings. The molecule has 7 heteroatoms. The molecular formula is C12H18BrCl2FN2O. The quantitative estimate of drug-likeness (QED) is 0.833. The molecule has 0 saturated carbocycles. The Morgan fingerprint density at radius 1 is 1.32 bits per heavy atom. The first-order valence-electron chi connectivity index (χ1n) is 5.73. The van der Waals surface area contributed by atoms with Crippen molar-refractivity contribution in [3.63, 3.8) is 0 Å². The second-order valence-electron chi connectivity index (χ2n) is 4.25. The smallest absolute Gasteiger partial charge is 0.137 e. The molecule has 0 aromatic heterocycles. The van der Waals surface area contributed by atoms with E-state index in [1.54, 1.807) is 0 Å². The minimum Gasteiger partial charge on any atom is -0.506 e. The molecule has 2 N–H and O–H groups in total. The summed E-state index contributed by atoms with van der Waals surface area (Å²) in [4.78, 5) is 2.17. The predicted octanol–water partition coefficient (Wildman–Crippen LogP) is 3.10. The highest BCUT2D eigenvalue weighted by Gasteiger charge is 2.24. The highest BCUT2D eigenvalue weighted by atomic mass is 79.9. The van der Waals surface area contributed by atoms with Crippen LogP contribution in [0.3, 0.4) is 0 Å². The Morgan fingerprint density at radius 3 is 2.47 bits per heavy atom. The molecule has 1 aliphatic heterocycles. The SMILES string of the molecule is C[C@H](c1c(F)ccc(Br)c1O)N1CCNCC1.Cl.Cl. The number of nitrogens with one attached hydrogen (secondary N) is 1. The van der Waals surface area contributed by atoms with E-state index in [0.29, 0.717) is 10.0 Å². The van der Waals surface area contributed by atoms with Crippen molar-refractivity contribution in [1.82, 2.24) is 10.2 Å². The molecule has 0 bridgehead atoms. The van der Waals surface area contributed by atoms with E-state index in [1.165, 1.54) is 12.1 Å². The third-order valence-electron chi connectivity index (χ3n) is 3.23. The molecule has 0 spiro atoms. The van der Waals surface area contributed by atoms with Crippen LogP contribution in [-0.2, 0) is 0 Å². The number of aromatic hydroxyl groups is 1. The minimum atomic E-state index is -0.350. The number of piperazine rings is 1. The van der Waals surface area contributed by atoms with Crippen molar-refractivity contribution in [3.8, 4) is 5.75 Å². The van der Waals surface area contributed by atoms with Crippen LogP contribution in [0.1, 0.15) is 18.5 Å². The Bertz CT molecular complexity index is 417. The van der Waals surface area contributed by atoms with Crippen molar-refractivity contribution in [2.75, 3.05) is 26.2 Å². The number of halogens is 4. The summed E-state index contributed by atoms with van der Waals surface area (Å²) >= 11 is 3.22. The van der Waals surface area contributed by atoms with Gasteiger partial charge in [0.25, 0.3) is 0 Å². The Balaban J connectivity index is 0.00000162. The number of phenols is 1. The number of hydrogen-bond acceptors (Lipinski definition) is 3. The van der Waals surface area contributed by atoms with Crippen molar-refractivity contribution in [2.24, 2.45) is 0 Å². The normalized spacial score (nSPS) is 17.2. The van der Waals surface area contributed by atoms with E-state index in [-0.39, 0.29) is 42.4 Å². The van der Waals surface area contributed by atoms with Gasteiger partial charge in [0, 0.05) is 37.8 Å². The van der Waals surface area contributed by atoms with Crippen molar-refractivity contribution in [1.29, 1.82) is 0 Å². The van der Waals surface area contributed by atoms with E-state index in [0.717, 1.165) is 26.2 Å². The first-order valence-corrected chi connectivity index (χ1v) is 6.52. The van der Waals surface area contributed by atoms with Gasteiger partial charge in [-0.25, -0.2) is 4.39 Å². The van der Waals surface area contributed by atoms with E-state index in [2.05, 4.69) is 26.1 Å². The van der Waals surface area contributed by atoms with Gasteiger partial charge in [0.15, 0.2) is 0 Å². The molecule has 1 aliphatic rings. The standard InChI is InChI=1S/C12H16BrFN2O.2ClH/c1-8(16-6-4-15-5-7-16)11-10(14)3-2-9(13)12(11)17;;/h2-3,8,15,17H,4-7H2,1H3;2*1H/t8-;;/m1../s1. The van der Waals surface area contributed by atoms with Crippen LogP contribution < -0.4 is 5.32 Å². The summed E-state index contributed by atoms with van der Waals surface area (Å²) in [5, 5.41) is 13.2. The molecule has 1 heterocycles. The fraction of sp³-hybridized carbons (Fsp3) is 0.500. The van der Waals surface area contributed by atoms with Crippen molar-refractivity contribution in [3.05, 3.63) is 28.0 Å². The van der Waals surface area contributed by atoms with Crippen LogP contribution in [0.5, 0.6) is 5.75 Å². The van der Waals surface area contributed by atoms with Gasteiger partial charge in [-0.05, 0) is 35.0 Å². The lowest BCUT2D eigenvalue weighted by Gasteiger charge is -2.33. The molecule has 0 aliphatic carbocycles. The third kappa shape index (κ3) is 4.20. The topological polar surface area (TPSA) is 35.5 Å². The lowest BCUT2D eigenvalue weighted by atomic mass is 10.0. The maximum atomic E-state index is 13.8. The molecule has 0 amide bonds. The second kappa shape index (κ2) is 8.27. The summed E-state index contributed by atoms with van der Waals surface area (Å²) in [7, 11) is 0. The Kier molecular flexibility index (Phi) is 8.24. The summed E-state index contributed by atoms with van der Waals surface area (Å²) in [6.07, 6.45) is 0. The average molecular weight is 376 g/mol.